The molecule has 1 N–H and O–H groups in total. The summed E-state index contributed by atoms with van der Waals surface area (Å²) in [5, 5.41) is 3.05. The average Bonchev–Trinajstić information content (AvgIpc) is 3.01. The van der Waals surface area contributed by atoms with E-state index in [1.54, 1.807) is 14.0 Å². The van der Waals surface area contributed by atoms with Gasteiger partial charge in [0, 0.05) is 39.8 Å². The van der Waals surface area contributed by atoms with Crippen LogP contribution in [0.3, 0.4) is 0 Å². The summed E-state index contributed by atoms with van der Waals surface area (Å²) in [5.74, 6) is -1.40. The number of nitrogens with one attached hydrogen (secondary N) is 1. The minimum absolute atomic E-state index is 0.186. The Balaban J connectivity index is 2.01. The number of thiophene rings is 1. The molecule has 1 saturated heterocycles. The molecule has 0 spiro atoms. The van der Waals surface area contributed by atoms with Gasteiger partial charge in [0.25, 0.3) is 0 Å². The monoisotopic (exact) mass is 413 g/mol. The fourth-order valence-corrected chi connectivity index (χ4v) is 4.13. The van der Waals surface area contributed by atoms with Crippen molar-refractivity contribution in [2.45, 2.75) is 6.92 Å². The van der Waals surface area contributed by atoms with Crippen LogP contribution < -0.4 is 5.32 Å². The number of anilines is 1. The van der Waals surface area contributed by atoms with Gasteiger partial charge >= 0.3 is 11.9 Å². The van der Waals surface area contributed by atoms with Crippen LogP contribution >= 0.6 is 11.3 Å². The number of hydrogen-bond acceptors (Lipinski definition) is 9. The Hall–Kier alpha value is -2.01. The molecule has 0 aliphatic carbocycles. The van der Waals surface area contributed by atoms with Gasteiger partial charge in [-0.2, -0.15) is 0 Å². The maximum atomic E-state index is 12.5. The van der Waals surface area contributed by atoms with Gasteiger partial charge in [-0.15, -0.1) is 11.3 Å². The van der Waals surface area contributed by atoms with E-state index in [2.05, 4.69) is 15.1 Å². The van der Waals surface area contributed by atoms with Crippen molar-refractivity contribution in [3.8, 4) is 0 Å². The fraction of sp³-hybridized carbons (Fsp3) is 0.611. The van der Waals surface area contributed by atoms with Gasteiger partial charge in [-0.1, -0.05) is 0 Å². The largest absolute Gasteiger partial charge is 0.465 e. The van der Waals surface area contributed by atoms with Gasteiger partial charge < -0.3 is 19.5 Å². The highest BCUT2D eigenvalue weighted by Crippen LogP contribution is 2.34. The summed E-state index contributed by atoms with van der Waals surface area (Å²) in [6, 6.07) is 0. The first kappa shape index (κ1) is 22.3. The number of carbonyl (C=O) groups is 3. The van der Waals surface area contributed by atoms with Crippen molar-refractivity contribution < 1.29 is 28.6 Å². The molecule has 0 bridgehead atoms. The number of hydrogen-bond donors (Lipinski definition) is 1. The topological polar surface area (TPSA) is 97.4 Å². The van der Waals surface area contributed by atoms with Crippen LogP contribution in [0, 0.1) is 6.92 Å². The van der Waals surface area contributed by atoms with E-state index in [4.69, 9.17) is 14.2 Å². The van der Waals surface area contributed by atoms with Gasteiger partial charge in [-0.05, 0) is 12.5 Å². The van der Waals surface area contributed by atoms with Crippen LogP contribution in [0.4, 0.5) is 5.00 Å². The maximum Gasteiger partial charge on any atom is 0.348 e. The molecule has 2 rings (SSSR count). The van der Waals surface area contributed by atoms with Crippen LogP contribution in [0.15, 0.2) is 0 Å². The first-order chi connectivity index (χ1) is 13.4. The highest BCUT2D eigenvalue weighted by molar-refractivity contribution is 7.18. The summed E-state index contributed by atoms with van der Waals surface area (Å²) in [4.78, 5) is 41.2. The van der Waals surface area contributed by atoms with Gasteiger partial charge in [0.1, 0.15) is 9.88 Å². The average molecular weight is 413 g/mol. The summed E-state index contributed by atoms with van der Waals surface area (Å²) in [6.45, 7) is 6.70. The van der Waals surface area contributed by atoms with Gasteiger partial charge in [0.2, 0.25) is 5.91 Å². The number of ether oxygens (including phenoxy) is 3. The fourth-order valence-electron chi connectivity index (χ4n) is 3.00. The summed E-state index contributed by atoms with van der Waals surface area (Å²) < 4.78 is 14.6. The lowest BCUT2D eigenvalue weighted by Gasteiger charge is -2.34. The predicted molar refractivity (Wildman–Crippen MR) is 105 cm³/mol. The van der Waals surface area contributed by atoms with Crippen LogP contribution in [-0.4, -0.2) is 94.9 Å². The minimum atomic E-state index is -0.606. The Morgan fingerprint density at radius 2 is 1.61 bits per heavy atom. The molecule has 1 aromatic heterocycles. The van der Waals surface area contributed by atoms with Crippen molar-refractivity contribution in [2.75, 3.05) is 72.5 Å². The van der Waals surface area contributed by atoms with Crippen LogP contribution in [0.5, 0.6) is 0 Å². The predicted octanol–water partition coefficient (Wildman–Crippen LogP) is 0.832. The van der Waals surface area contributed by atoms with Gasteiger partial charge in [-0.3, -0.25) is 14.6 Å². The summed E-state index contributed by atoms with van der Waals surface area (Å²) in [6.07, 6.45) is 0. The Labute approximate surface area is 168 Å². The first-order valence-electron chi connectivity index (χ1n) is 8.94. The van der Waals surface area contributed by atoms with E-state index >= 15 is 0 Å². The highest BCUT2D eigenvalue weighted by Gasteiger charge is 2.27. The van der Waals surface area contributed by atoms with E-state index in [0.717, 1.165) is 44.1 Å². The van der Waals surface area contributed by atoms with E-state index in [-0.39, 0.29) is 22.9 Å². The normalized spacial score (nSPS) is 15.3. The van der Waals surface area contributed by atoms with E-state index in [0.29, 0.717) is 17.2 Å². The number of esters is 2. The van der Waals surface area contributed by atoms with Gasteiger partial charge in [-0.25, -0.2) is 9.59 Å². The van der Waals surface area contributed by atoms with Crippen LogP contribution in [0.1, 0.15) is 25.6 Å². The van der Waals surface area contributed by atoms with E-state index in [1.807, 2.05) is 0 Å². The summed E-state index contributed by atoms with van der Waals surface area (Å²) >= 11 is 1.01. The molecule has 0 unspecified atom stereocenters. The summed E-state index contributed by atoms with van der Waals surface area (Å²) in [7, 11) is 4.21. The third-order valence-electron chi connectivity index (χ3n) is 4.60. The molecule has 9 nitrogen and oxygen atoms in total. The molecule has 1 aliphatic rings. The van der Waals surface area contributed by atoms with Gasteiger partial charge in [0.05, 0.1) is 32.9 Å². The zero-order valence-corrected chi connectivity index (χ0v) is 17.5. The third-order valence-corrected chi connectivity index (χ3v) is 5.79. The Morgan fingerprint density at radius 3 is 2.18 bits per heavy atom. The zero-order valence-electron chi connectivity index (χ0n) is 16.7. The minimum Gasteiger partial charge on any atom is -0.465 e. The lowest BCUT2D eigenvalue weighted by atomic mass is 10.1. The number of carbonyl (C=O) groups excluding carboxylic acids is 3. The lowest BCUT2D eigenvalue weighted by Crippen LogP contribution is -2.49. The van der Waals surface area contributed by atoms with E-state index in [9.17, 15) is 14.4 Å². The Morgan fingerprint density at radius 1 is 1.00 bits per heavy atom. The Kier molecular flexibility index (Phi) is 8.36. The molecule has 0 saturated carbocycles. The SMILES string of the molecule is COCCN1CCN(CC(=O)Nc2sc(C(=O)OC)c(C)c2C(=O)OC)CC1. The molecule has 1 aliphatic heterocycles. The lowest BCUT2D eigenvalue weighted by molar-refractivity contribution is -0.117. The second kappa shape index (κ2) is 10.5. The number of nitrogens with zero attached hydrogens (tertiary/aromatic N) is 2. The zero-order chi connectivity index (χ0) is 20.7. The first-order valence-corrected chi connectivity index (χ1v) is 9.76. The molecule has 0 aromatic carbocycles. The smallest absolute Gasteiger partial charge is 0.348 e. The number of methoxy groups -OCH3 is 3. The number of piperazine rings is 1. The van der Waals surface area contributed by atoms with Crippen LogP contribution in [-0.2, 0) is 19.0 Å². The third kappa shape index (κ3) is 5.51. The van der Waals surface area contributed by atoms with Crippen molar-refractivity contribution in [3.05, 3.63) is 16.0 Å². The molecule has 1 amide bonds. The highest BCUT2D eigenvalue weighted by atomic mass is 32.1. The van der Waals surface area contributed by atoms with Crippen molar-refractivity contribution >= 4 is 34.2 Å². The molecule has 0 atom stereocenters. The molecule has 10 heteroatoms. The van der Waals surface area contributed by atoms with Crippen molar-refractivity contribution in [2.24, 2.45) is 0 Å². The molecule has 2 heterocycles. The van der Waals surface area contributed by atoms with Crippen molar-refractivity contribution in [1.82, 2.24) is 9.80 Å². The van der Waals surface area contributed by atoms with Gasteiger partial charge in [0.15, 0.2) is 0 Å². The maximum absolute atomic E-state index is 12.5. The molecule has 1 aromatic rings. The molecular formula is C18H27N3O6S. The second-order valence-corrected chi connectivity index (χ2v) is 7.42. The van der Waals surface area contributed by atoms with E-state index < -0.39 is 11.9 Å². The number of amides is 1. The molecule has 28 heavy (non-hydrogen) atoms. The molecule has 1 fully saturated rings. The molecule has 0 radical (unpaired) electrons. The standard InChI is InChI=1S/C18H27N3O6S/c1-12-14(17(23)26-3)16(28-15(12)18(24)27-4)19-13(22)11-21-7-5-20(6-8-21)9-10-25-2/h5-11H2,1-4H3,(H,19,22). The van der Waals surface area contributed by atoms with Crippen LogP contribution in [0.25, 0.3) is 0 Å². The van der Waals surface area contributed by atoms with Crippen molar-refractivity contribution in [1.29, 1.82) is 0 Å². The number of rotatable bonds is 8. The van der Waals surface area contributed by atoms with E-state index in [1.165, 1.54) is 14.2 Å². The quantitative estimate of drug-likeness (QED) is 0.626. The van der Waals surface area contributed by atoms with Crippen LogP contribution in [0.2, 0.25) is 0 Å². The summed E-state index contributed by atoms with van der Waals surface area (Å²) in [5.41, 5.74) is 0.622. The second-order valence-electron chi connectivity index (χ2n) is 6.40. The molecular weight excluding hydrogens is 386 g/mol. The molecule has 156 valence electrons. The van der Waals surface area contributed by atoms with Crippen molar-refractivity contribution in [3.63, 3.8) is 0 Å². The Bertz CT molecular complexity index is 712.